The van der Waals surface area contributed by atoms with Crippen molar-refractivity contribution in [2.75, 3.05) is 26.7 Å². The molecular formula is C16H23N3O4. The molecular weight excluding hydrogens is 298 g/mol. The molecule has 0 spiro atoms. The van der Waals surface area contributed by atoms with E-state index in [2.05, 4.69) is 10.3 Å². The minimum Gasteiger partial charge on any atom is -0.464 e. The quantitative estimate of drug-likeness (QED) is 0.836. The van der Waals surface area contributed by atoms with Crippen LogP contribution in [0, 0.1) is 0 Å². The highest BCUT2D eigenvalue weighted by molar-refractivity contribution is 5.89. The summed E-state index contributed by atoms with van der Waals surface area (Å²) in [6.45, 7) is 7.08. The van der Waals surface area contributed by atoms with E-state index in [4.69, 9.17) is 9.47 Å². The van der Waals surface area contributed by atoms with E-state index in [1.807, 2.05) is 26.8 Å². The SMILES string of the molecule is COC(=O)c1ncccc1C1CN(C(=O)OC(C)(C)C)CCN1. The number of ether oxygens (including phenoxy) is 2. The van der Waals surface area contributed by atoms with Gasteiger partial charge >= 0.3 is 12.1 Å². The van der Waals surface area contributed by atoms with Crippen molar-refractivity contribution in [3.05, 3.63) is 29.6 Å². The van der Waals surface area contributed by atoms with Crippen LogP contribution in [0.3, 0.4) is 0 Å². The second kappa shape index (κ2) is 6.95. The first-order chi connectivity index (χ1) is 10.8. The average Bonchev–Trinajstić information content (AvgIpc) is 2.52. The largest absolute Gasteiger partial charge is 0.464 e. The van der Waals surface area contributed by atoms with Gasteiger partial charge in [0.05, 0.1) is 13.2 Å². The Morgan fingerprint density at radius 1 is 1.39 bits per heavy atom. The number of pyridine rings is 1. The van der Waals surface area contributed by atoms with Crippen LogP contribution >= 0.6 is 0 Å². The standard InChI is InChI=1S/C16H23N3O4/c1-16(2,3)23-15(21)19-9-8-17-12(10-19)11-6-5-7-18-13(11)14(20)22-4/h5-7,12,17H,8-10H2,1-4H3. The van der Waals surface area contributed by atoms with Crippen molar-refractivity contribution >= 4 is 12.1 Å². The number of carbonyl (C=O) groups is 2. The molecule has 1 aliphatic heterocycles. The zero-order chi connectivity index (χ0) is 17.0. The Morgan fingerprint density at radius 3 is 2.78 bits per heavy atom. The first-order valence-electron chi connectivity index (χ1n) is 7.56. The van der Waals surface area contributed by atoms with Crippen molar-refractivity contribution in [1.82, 2.24) is 15.2 Å². The molecule has 1 aliphatic rings. The summed E-state index contributed by atoms with van der Waals surface area (Å²) in [4.78, 5) is 29.8. The van der Waals surface area contributed by atoms with Gasteiger partial charge in [0.15, 0.2) is 5.69 Å². The number of amides is 1. The van der Waals surface area contributed by atoms with Gasteiger partial charge in [0.2, 0.25) is 0 Å². The van der Waals surface area contributed by atoms with Crippen molar-refractivity contribution in [2.24, 2.45) is 0 Å². The first kappa shape index (κ1) is 17.2. The van der Waals surface area contributed by atoms with Gasteiger partial charge in [0.1, 0.15) is 5.60 Å². The Morgan fingerprint density at radius 2 is 2.13 bits per heavy atom. The summed E-state index contributed by atoms with van der Waals surface area (Å²) in [5.74, 6) is -0.489. The second-order valence-corrected chi connectivity index (χ2v) is 6.37. The molecule has 1 unspecified atom stereocenters. The van der Waals surface area contributed by atoms with E-state index in [1.165, 1.54) is 7.11 Å². The van der Waals surface area contributed by atoms with Crippen molar-refractivity contribution < 1.29 is 19.1 Å². The predicted molar refractivity (Wildman–Crippen MR) is 84.1 cm³/mol. The lowest BCUT2D eigenvalue weighted by Gasteiger charge is -2.35. The van der Waals surface area contributed by atoms with Crippen LogP contribution in [-0.4, -0.2) is 54.3 Å². The highest BCUT2D eigenvalue weighted by Crippen LogP contribution is 2.22. The predicted octanol–water partition coefficient (Wildman–Crippen LogP) is 1.75. The van der Waals surface area contributed by atoms with Gasteiger partial charge in [-0.1, -0.05) is 6.07 Å². The zero-order valence-electron chi connectivity index (χ0n) is 14.0. The highest BCUT2D eigenvalue weighted by atomic mass is 16.6. The fraction of sp³-hybridized carbons (Fsp3) is 0.562. The maximum atomic E-state index is 12.2. The minimum atomic E-state index is -0.539. The zero-order valence-corrected chi connectivity index (χ0v) is 14.0. The molecule has 2 rings (SSSR count). The molecule has 0 saturated carbocycles. The number of rotatable bonds is 2. The maximum absolute atomic E-state index is 12.2. The number of piperazine rings is 1. The summed E-state index contributed by atoms with van der Waals surface area (Å²) in [5.41, 5.74) is 0.439. The number of carbonyl (C=O) groups excluding carboxylic acids is 2. The highest BCUT2D eigenvalue weighted by Gasteiger charge is 2.30. The number of nitrogens with zero attached hydrogens (tertiary/aromatic N) is 2. The van der Waals surface area contributed by atoms with E-state index in [1.54, 1.807) is 17.2 Å². The number of esters is 1. The molecule has 0 bridgehead atoms. The lowest BCUT2D eigenvalue weighted by molar-refractivity contribution is 0.0194. The van der Waals surface area contributed by atoms with Crippen LogP contribution in [-0.2, 0) is 9.47 Å². The third-order valence-electron chi connectivity index (χ3n) is 3.42. The van der Waals surface area contributed by atoms with E-state index < -0.39 is 11.6 Å². The maximum Gasteiger partial charge on any atom is 0.410 e. The Bertz CT molecular complexity index is 583. The summed E-state index contributed by atoms with van der Waals surface area (Å²) in [6.07, 6.45) is 1.19. The molecule has 23 heavy (non-hydrogen) atoms. The van der Waals surface area contributed by atoms with Crippen molar-refractivity contribution in [3.8, 4) is 0 Å². The minimum absolute atomic E-state index is 0.195. The average molecular weight is 321 g/mol. The van der Waals surface area contributed by atoms with Gasteiger partial charge in [-0.05, 0) is 26.8 Å². The summed E-state index contributed by atoms with van der Waals surface area (Å²) in [6, 6.07) is 3.38. The van der Waals surface area contributed by atoms with Crippen LogP contribution in [0.15, 0.2) is 18.3 Å². The third-order valence-corrected chi connectivity index (χ3v) is 3.42. The van der Waals surface area contributed by atoms with Gasteiger partial charge in [-0.3, -0.25) is 0 Å². The molecule has 1 aromatic rings. The molecule has 1 N–H and O–H groups in total. The molecule has 126 valence electrons. The number of hydrogen-bond donors (Lipinski definition) is 1. The van der Waals surface area contributed by atoms with Crippen LogP contribution in [0.1, 0.15) is 42.9 Å². The van der Waals surface area contributed by atoms with Gasteiger partial charge in [0, 0.05) is 31.4 Å². The van der Waals surface area contributed by atoms with Gasteiger partial charge in [-0.25, -0.2) is 14.6 Å². The van der Waals surface area contributed by atoms with Crippen LogP contribution < -0.4 is 5.32 Å². The Balaban J connectivity index is 2.16. The van der Waals surface area contributed by atoms with Crippen LogP contribution in [0.25, 0.3) is 0 Å². The molecule has 1 saturated heterocycles. The fourth-order valence-corrected chi connectivity index (χ4v) is 2.42. The number of aromatic nitrogens is 1. The van der Waals surface area contributed by atoms with Crippen LogP contribution in [0.5, 0.6) is 0 Å². The molecule has 0 aliphatic carbocycles. The summed E-state index contributed by atoms with van der Waals surface area (Å²) in [5, 5.41) is 3.31. The lowest BCUT2D eigenvalue weighted by atomic mass is 10.0. The second-order valence-electron chi connectivity index (χ2n) is 6.37. The normalized spacial score (nSPS) is 18.4. The number of nitrogens with one attached hydrogen (secondary N) is 1. The summed E-state index contributed by atoms with van der Waals surface area (Å²) < 4.78 is 10.2. The molecule has 7 heteroatoms. The van der Waals surface area contributed by atoms with E-state index in [0.717, 1.165) is 0 Å². The topological polar surface area (TPSA) is 80.8 Å². The van der Waals surface area contributed by atoms with Crippen molar-refractivity contribution in [2.45, 2.75) is 32.4 Å². The molecule has 1 aromatic heterocycles. The van der Waals surface area contributed by atoms with Crippen molar-refractivity contribution in [1.29, 1.82) is 0 Å². The fourth-order valence-electron chi connectivity index (χ4n) is 2.42. The van der Waals surface area contributed by atoms with Gasteiger partial charge in [-0.15, -0.1) is 0 Å². The van der Waals surface area contributed by atoms with Crippen LogP contribution in [0.2, 0.25) is 0 Å². The molecule has 1 amide bonds. The Hall–Kier alpha value is -2.15. The molecule has 7 nitrogen and oxygen atoms in total. The molecule has 0 aromatic carbocycles. The van der Waals surface area contributed by atoms with Crippen molar-refractivity contribution in [3.63, 3.8) is 0 Å². The Labute approximate surface area is 136 Å². The number of hydrogen-bond acceptors (Lipinski definition) is 6. The molecule has 1 fully saturated rings. The molecule has 0 radical (unpaired) electrons. The van der Waals surface area contributed by atoms with E-state index >= 15 is 0 Å². The molecule has 1 atom stereocenters. The smallest absolute Gasteiger partial charge is 0.410 e. The van der Waals surface area contributed by atoms with Crippen LogP contribution in [0.4, 0.5) is 4.79 Å². The third kappa shape index (κ3) is 4.41. The monoisotopic (exact) mass is 321 g/mol. The summed E-state index contributed by atoms with van der Waals surface area (Å²) in [7, 11) is 1.32. The summed E-state index contributed by atoms with van der Waals surface area (Å²) >= 11 is 0. The van der Waals surface area contributed by atoms with Gasteiger partial charge in [0.25, 0.3) is 0 Å². The van der Waals surface area contributed by atoms with Gasteiger partial charge < -0.3 is 19.7 Å². The van der Waals surface area contributed by atoms with Gasteiger partial charge in [-0.2, -0.15) is 0 Å². The number of methoxy groups -OCH3 is 1. The van der Waals surface area contributed by atoms with E-state index in [-0.39, 0.29) is 17.8 Å². The first-order valence-corrected chi connectivity index (χ1v) is 7.56. The molecule has 2 heterocycles. The van der Waals surface area contributed by atoms with E-state index in [0.29, 0.717) is 25.2 Å². The Kier molecular flexibility index (Phi) is 5.20. The van der Waals surface area contributed by atoms with E-state index in [9.17, 15) is 9.59 Å². The lowest BCUT2D eigenvalue weighted by Crippen LogP contribution is -2.50.